The Morgan fingerprint density at radius 1 is 1.07 bits per heavy atom. The van der Waals surface area contributed by atoms with Crippen LogP contribution in [-0.4, -0.2) is 32.9 Å². The predicted molar refractivity (Wildman–Crippen MR) is 107 cm³/mol. The molecule has 1 spiro atoms. The summed E-state index contributed by atoms with van der Waals surface area (Å²) in [6.07, 6.45) is 8.93. The van der Waals surface area contributed by atoms with Crippen molar-refractivity contribution < 1.29 is 4.92 Å². The molecule has 4 rings (SSSR count). The topological polar surface area (TPSA) is 112 Å². The zero-order valence-electron chi connectivity index (χ0n) is 16.2. The van der Waals surface area contributed by atoms with Crippen molar-refractivity contribution in [2.45, 2.75) is 58.4 Å². The Kier molecular flexibility index (Phi) is 4.82. The molecule has 2 fully saturated rings. The molecule has 2 heterocycles. The molecule has 0 atom stereocenters. The van der Waals surface area contributed by atoms with Gasteiger partial charge < -0.3 is 9.97 Å². The first-order chi connectivity index (χ1) is 13.4. The van der Waals surface area contributed by atoms with Crippen molar-refractivity contribution in [3.63, 3.8) is 0 Å². The average Bonchev–Trinajstić information content (AvgIpc) is 2.67. The van der Waals surface area contributed by atoms with E-state index in [0.29, 0.717) is 28.6 Å². The number of benzene rings is 1. The Bertz CT molecular complexity index is 1020. The highest BCUT2D eigenvalue weighted by atomic mass is 16.6. The molecule has 1 aliphatic carbocycles. The molecule has 0 bridgehead atoms. The number of piperidine rings is 1. The maximum absolute atomic E-state index is 11.9. The number of nitro groups is 1. The minimum Gasteiger partial charge on any atom is -0.316 e. The van der Waals surface area contributed by atoms with Crippen LogP contribution in [0.3, 0.4) is 0 Å². The van der Waals surface area contributed by atoms with Crippen LogP contribution in [0, 0.1) is 22.5 Å². The molecule has 0 unspecified atom stereocenters. The smallest absolute Gasteiger partial charge is 0.314 e. The summed E-state index contributed by atoms with van der Waals surface area (Å²) in [6.45, 7) is 4.15. The molecular formula is C20H26N4O4. The minimum absolute atomic E-state index is 0.0361. The van der Waals surface area contributed by atoms with Crippen molar-refractivity contribution in [2.75, 3.05) is 13.1 Å². The fourth-order valence-corrected chi connectivity index (χ4v) is 5.01. The van der Waals surface area contributed by atoms with Gasteiger partial charge in [-0.15, -0.1) is 0 Å². The second-order valence-electron chi connectivity index (χ2n) is 8.42. The molecule has 8 heteroatoms. The van der Waals surface area contributed by atoms with Crippen molar-refractivity contribution in [3.8, 4) is 0 Å². The Labute approximate surface area is 162 Å². The van der Waals surface area contributed by atoms with Crippen LogP contribution in [0.4, 0.5) is 5.69 Å². The number of hydrogen-bond donors (Lipinski definition) is 2. The SMILES string of the molecule is Cc1c([N+](=O)[O-])cc2[nH]c(=O)c(=O)[nH]c2c1CN1CCC2(CCCCC2)CC1. The van der Waals surface area contributed by atoms with Crippen molar-refractivity contribution in [1.82, 2.24) is 14.9 Å². The molecule has 1 aromatic heterocycles. The quantitative estimate of drug-likeness (QED) is 0.478. The Balaban J connectivity index is 1.67. The Morgan fingerprint density at radius 2 is 1.71 bits per heavy atom. The van der Waals surface area contributed by atoms with Crippen LogP contribution in [0.1, 0.15) is 56.1 Å². The number of fused-ring (bicyclic) bond motifs is 1. The number of aromatic nitrogens is 2. The third kappa shape index (κ3) is 3.37. The van der Waals surface area contributed by atoms with Gasteiger partial charge in [0.1, 0.15) is 0 Å². The second-order valence-corrected chi connectivity index (χ2v) is 8.42. The summed E-state index contributed by atoms with van der Waals surface area (Å²) in [7, 11) is 0. The van der Waals surface area contributed by atoms with Crippen molar-refractivity contribution in [2.24, 2.45) is 5.41 Å². The molecule has 2 aliphatic rings. The van der Waals surface area contributed by atoms with E-state index >= 15 is 0 Å². The van der Waals surface area contributed by atoms with Crippen LogP contribution in [0.15, 0.2) is 15.7 Å². The molecule has 28 heavy (non-hydrogen) atoms. The van der Waals surface area contributed by atoms with E-state index in [1.165, 1.54) is 38.2 Å². The number of H-pyrrole nitrogens is 2. The van der Waals surface area contributed by atoms with Crippen molar-refractivity contribution in [1.29, 1.82) is 0 Å². The summed E-state index contributed by atoms with van der Waals surface area (Å²) in [5.74, 6) is 0. The van der Waals surface area contributed by atoms with Gasteiger partial charge in [-0.2, -0.15) is 0 Å². The maximum Gasteiger partial charge on any atom is 0.314 e. The summed E-state index contributed by atoms with van der Waals surface area (Å²) in [4.78, 5) is 42.0. The standard InChI is InChI=1S/C20H26N4O4/c1-13-14(12-23-9-7-20(8-10-23)5-3-2-4-6-20)17-15(11-16(13)24(27)28)21-18(25)19(26)22-17/h11H,2-10,12H2,1H3,(H,21,25)(H,22,26). The summed E-state index contributed by atoms with van der Waals surface area (Å²) >= 11 is 0. The van der Waals surface area contributed by atoms with Crippen LogP contribution in [-0.2, 0) is 6.54 Å². The monoisotopic (exact) mass is 386 g/mol. The molecule has 0 amide bonds. The predicted octanol–water partition coefficient (Wildman–Crippen LogP) is 2.98. The first-order valence-corrected chi connectivity index (χ1v) is 10.0. The van der Waals surface area contributed by atoms with E-state index in [0.717, 1.165) is 31.5 Å². The first-order valence-electron chi connectivity index (χ1n) is 10.0. The van der Waals surface area contributed by atoms with Gasteiger partial charge in [-0.05, 0) is 51.1 Å². The fourth-order valence-electron chi connectivity index (χ4n) is 5.01. The highest BCUT2D eigenvalue weighted by molar-refractivity contribution is 5.82. The van der Waals surface area contributed by atoms with Gasteiger partial charge >= 0.3 is 11.1 Å². The average molecular weight is 386 g/mol. The van der Waals surface area contributed by atoms with Crippen LogP contribution >= 0.6 is 0 Å². The van der Waals surface area contributed by atoms with E-state index in [2.05, 4.69) is 14.9 Å². The van der Waals surface area contributed by atoms with E-state index in [1.54, 1.807) is 6.92 Å². The lowest BCUT2D eigenvalue weighted by Gasteiger charge is -2.44. The number of likely N-dealkylation sites (tertiary alicyclic amines) is 1. The molecule has 150 valence electrons. The molecule has 2 N–H and O–H groups in total. The lowest BCUT2D eigenvalue weighted by Crippen LogP contribution is -2.41. The van der Waals surface area contributed by atoms with Gasteiger partial charge in [0.15, 0.2) is 0 Å². The third-order valence-electron chi connectivity index (χ3n) is 6.79. The number of nitrogens with one attached hydrogen (secondary N) is 2. The number of nitro benzene ring substituents is 1. The Hall–Kier alpha value is -2.48. The third-order valence-corrected chi connectivity index (χ3v) is 6.79. The Morgan fingerprint density at radius 3 is 2.36 bits per heavy atom. The minimum atomic E-state index is -0.797. The zero-order chi connectivity index (χ0) is 19.9. The van der Waals surface area contributed by atoms with Crippen molar-refractivity contribution in [3.05, 3.63) is 48.0 Å². The normalized spacial score (nSPS) is 19.9. The van der Waals surface area contributed by atoms with Crippen LogP contribution < -0.4 is 11.1 Å². The van der Waals surface area contributed by atoms with Crippen LogP contribution in [0.5, 0.6) is 0 Å². The molecular weight excluding hydrogens is 360 g/mol. The van der Waals surface area contributed by atoms with E-state index in [9.17, 15) is 19.7 Å². The van der Waals surface area contributed by atoms with Gasteiger partial charge in [-0.25, -0.2) is 0 Å². The van der Waals surface area contributed by atoms with Gasteiger partial charge in [0.2, 0.25) is 0 Å². The van der Waals surface area contributed by atoms with Gasteiger partial charge in [0.25, 0.3) is 5.69 Å². The van der Waals surface area contributed by atoms with Crippen LogP contribution in [0.2, 0.25) is 0 Å². The molecule has 1 saturated heterocycles. The molecule has 1 saturated carbocycles. The number of hydrogen-bond acceptors (Lipinski definition) is 5. The summed E-state index contributed by atoms with van der Waals surface area (Å²) in [5.41, 5.74) is 0.967. The maximum atomic E-state index is 11.9. The van der Waals surface area contributed by atoms with Gasteiger partial charge in [0.05, 0.1) is 16.0 Å². The van der Waals surface area contributed by atoms with E-state index in [1.807, 2.05) is 0 Å². The number of nitrogens with zero attached hydrogens (tertiary/aromatic N) is 2. The summed E-state index contributed by atoms with van der Waals surface area (Å²) in [5, 5.41) is 11.5. The molecule has 1 aromatic carbocycles. The highest BCUT2D eigenvalue weighted by Gasteiger charge is 2.35. The summed E-state index contributed by atoms with van der Waals surface area (Å²) < 4.78 is 0. The van der Waals surface area contributed by atoms with Gasteiger partial charge in [0, 0.05) is 23.7 Å². The van der Waals surface area contributed by atoms with Crippen LogP contribution in [0.25, 0.3) is 11.0 Å². The van der Waals surface area contributed by atoms with E-state index in [4.69, 9.17) is 0 Å². The highest BCUT2D eigenvalue weighted by Crippen LogP contribution is 2.44. The van der Waals surface area contributed by atoms with Crippen molar-refractivity contribution >= 4 is 16.7 Å². The largest absolute Gasteiger partial charge is 0.316 e. The molecule has 2 aromatic rings. The van der Waals surface area contributed by atoms with E-state index in [-0.39, 0.29) is 5.69 Å². The zero-order valence-corrected chi connectivity index (χ0v) is 16.2. The molecule has 1 aliphatic heterocycles. The molecule has 0 radical (unpaired) electrons. The van der Waals surface area contributed by atoms with Gasteiger partial charge in [-0.3, -0.25) is 24.6 Å². The van der Waals surface area contributed by atoms with Gasteiger partial charge in [-0.1, -0.05) is 19.3 Å². The second kappa shape index (κ2) is 7.16. The lowest BCUT2D eigenvalue weighted by atomic mass is 9.68. The first kappa shape index (κ1) is 18.9. The fraction of sp³-hybridized carbons (Fsp3) is 0.600. The lowest BCUT2D eigenvalue weighted by molar-refractivity contribution is -0.385. The number of aromatic amines is 2. The summed E-state index contributed by atoms with van der Waals surface area (Å²) in [6, 6.07) is 1.33. The number of rotatable bonds is 3. The van der Waals surface area contributed by atoms with E-state index < -0.39 is 16.0 Å². The molecule has 8 nitrogen and oxygen atoms in total.